The number of anilines is 1. The summed E-state index contributed by atoms with van der Waals surface area (Å²) < 4.78 is 25.4. The van der Waals surface area contributed by atoms with Crippen molar-refractivity contribution < 1.29 is 8.78 Å². The second kappa shape index (κ2) is 5.46. The van der Waals surface area contributed by atoms with E-state index in [4.69, 9.17) is 23.1 Å². The number of hydrogen-bond acceptors (Lipinski definition) is 3. The first-order chi connectivity index (χ1) is 10.4. The minimum atomic E-state index is -2.62. The highest BCUT2D eigenvalue weighted by Gasteiger charge is 2.45. The van der Waals surface area contributed by atoms with E-state index >= 15 is 0 Å². The van der Waals surface area contributed by atoms with Crippen molar-refractivity contribution in [2.75, 3.05) is 5.73 Å². The van der Waals surface area contributed by atoms with E-state index in [0.29, 0.717) is 22.2 Å². The number of benzene rings is 1. The first-order valence-corrected chi connectivity index (χ1v) is 7.44. The van der Waals surface area contributed by atoms with Crippen LogP contribution in [0.4, 0.5) is 14.5 Å². The first kappa shape index (κ1) is 15.1. The van der Waals surface area contributed by atoms with Gasteiger partial charge in [-0.2, -0.15) is 5.11 Å². The number of rotatable bonds is 4. The molecule has 0 unspecified atom stereocenters. The maximum absolute atomic E-state index is 12.7. The fourth-order valence-corrected chi connectivity index (χ4v) is 2.64. The van der Waals surface area contributed by atoms with E-state index in [1.807, 2.05) is 0 Å². The minimum absolute atomic E-state index is 0.167. The molecule has 118 valence electrons. The van der Waals surface area contributed by atoms with E-state index in [-0.39, 0.29) is 18.7 Å². The lowest BCUT2D eigenvalue weighted by Gasteiger charge is -2.30. The van der Waals surface area contributed by atoms with Gasteiger partial charge in [-0.3, -0.25) is 0 Å². The Morgan fingerprint density at radius 1 is 1.27 bits per heavy atom. The van der Waals surface area contributed by atoms with Gasteiger partial charge >= 0.3 is 0 Å². The largest absolute Gasteiger partial charge is 0.398 e. The quantitative estimate of drug-likeness (QED) is 0.290. The molecule has 0 heterocycles. The Morgan fingerprint density at radius 2 is 1.95 bits per heavy atom. The van der Waals surface area contributed by atoms with Gasteiger partial charge in [0.05, 0.1) is 16.8 Å². The summed E-state index contributed by atoms with van der Waals surface area (Å²) in [4.78, 5) is 0. The summed E-state index contributed by atoms with van der Waals surface area (Å²) in [5, 5.41) is 11.6. The molecular formula is C14H16ClF2N5. The van der Waals surface area contributed by atoms with E-state index < -0.39 is 12.0 Å². The molecule has 0 saturated heterocycles. The Kier molecular flexibility index (Phi) is 3.76. The van der Waals surface area contributed by atoms with E-state index in [1.54, 1.807) is 12.1 Å². The molecule has 5 nitrogen and oxygen atoms in total. The van der Waals surface area contributed by atoms with Crippen LogP contribution in [-0.4, -0.2) is 17.8 Å². The summed E-state index contributed by atoms with van der Waals surface area (Å²) >= 11 is 6.04. The highest BCUT2D eigenvalue weighted by atomic mass is 35.5. The average molecular weight is 328 g/mol. The molecule has 3 rings (SSSR count). The molecule has 2 saturated carbocycles. The van der Waals surface area contributed by atoms with Crippen LogP contribution in [0.15, 0.2) is 27.6 Å². The van der Waals surface area contributed by atoms with Gasteiger partial charge in [0.1, 0.15) is 0 Å². The Hall–Kier alpha value is -1.76. The second-order valence-electron chi connectivity index (χ2n) is 5.84. The number of nitrogen functional groups attached to an aromatic ring is 1. The van der Waals surface area contributed by atoms with Gasteiger partial charge in [0.25, 0.3) is 5.92 Å². The zero-order valence-corrected chi connectivity index (χ0v) is 12.5. The fourth-order valence-electron chi connectivity index (χ4n) is 2.47. The van der Waals surface area contributed by atoms with Gasteiger partial charge in [0.2, 0.25) is 0 Å². The molecule has 8 heteroatoms. The van der Waals surface area contributed by atoms with Crippen LogP contribution in [-0.2, 0) is 0 Å². The maximum Gasteiger partial charge on any atom is 0.252 e. The van der Waals surface area contributed by atoms with E-state index in [1.165, 1.54) is 0 Å². The number of hydrogen-bond donors (Lipinski definition) is 2. The molecule has 1 aromatic rings. The van der Waals surface area contributed by atoms with Crippen molar-refractivity contribution in [3.05, 3.63) is 28.3 Å². The smallest absolute Gasteiger partial charge is 0.252 e. The Bertz CT molecular complexity index is 647. The molecule has 0 spiro atoms. The number of halogens is 3. The molecule has 0 aliphatic heterocycles. The van der Waals surface area contributed by atoms with Crippen molar-refractivity contribution in [3.63, 3.8) is 0 Å². The number of nitrogens with two attached hydrogens (primary N) is 2. The highest BCUT2D eigenvalue weighted by Crippen LogP contribution is 2.43. The fraction of sp³-hybridized carbons (Fsp3) is 0.500. The summed E-state index contributed by atoms with van der Waals surface area (Å²) in [5.74, 6) is -2.05. The first-order valence-electron chi connectivity index (χ1n) is 7.06. The monoisotopic (exact) mass is 327 g/mol. The molecule has 1 aromatic carbocycles. The average Bonchev–Trinajstić information content (AvgIpc) is 3.23. The molecule has 2 aliphatic carbocycles. The lowest BCUT2D eigenvalue weighted by Crippen LogP contribution is -2.38. The third kappa shape index (κ3) is 3.19. The molecular weight excluding hydrogens is 312 g/mol. The second-order valence-corrected chi connectivity index (χ2v) is 6.25. The molecule has 2 fully saturated rings. The molecule has 22 heavy (non-hydrogen) atoms. The Balaban J connectivity index is 1.76. The molecule has 0 amide bonds. The molecule has 0 aromatic heterocycles. The number of nitrogens with zero attached hydrogens (tertiary/aromatic N) is 3. The molecule has 0 radical (unpaired) electrons. The van der Waals surface area contributed by atoms with Crippen LogP contribution in [0.2, 0.25) is 5.02 Å². The number of alkyl halides is 2. The van der Waals surface area contributed by atoms with Crippen molar-refractivity contribution in [1.82, 2.24) is 0 Å². The minimum Gasteiger partial charge on any atom is -0.398 e. The van der Waals surface area contributed by atoms with Gasteiger partial charge in [-0.25, -0.2) is 8.78 Å². The normalized spacial score (nSPS) is 22.0. The predicted octanol–water partition coefficient (Wildman–Crippen LogP) is 3.67. The maximum atomic E-state index is 12.7. The lowest BCUT2D eigenvalue weighted by atomic mass is 9.89. The SMILES string of the molecule is N/C(=N\N=NC1CC(F)(F)C1)c1cc(N)c(Cl)cc1C1CC1. The zero-order chi connectivity index (χ0) is 15.9. The van der Waals surface area contributed by atoms with E-state index in [0.717, 1.165) is 18.4 Å². The van der Waals surface area contributed by atoms with Crippen LogP contribution in [0.5, 0.6) is 0 Å². The van der Waals surface area contributed by atoms with Gasteiger partial charge in [-0.1, -0.05) is 11.6 Å². The third-order valence-electron chi connectivity index (χ3n) is 3.90. The van der Waals surface area contributed by atoms with E-state index in [9.17, 15) is 8.78 Å². The van der Waals surface area contributed by atoms with Crippen molar-refractivity contribution in [2.24, 2.45) is 21.2 Å². The topological polar surface area (TPSA) is 89.1 Å². The van der Waals surface area contributed by atoms with Crippen molar-refractivity contribution >= 4 is 23.1 Å². The van der Waals surface area contributed by atoms with Crippen LogP contribution in [0.3, 0.4) is 0 Å². The Morgan fingerprint density at radius 3 is 2.55 bits per heavy atom. The van der Waals surface area contributed by atoms with Gasteiger partial charge in [-0.05, 0) is 41.7 Å². The van der Waals surface area contributed by atoms with Crippen LogP contribution < -0.4 is 11.5 Å². The lowest BCUT2D eigenvalue weighted by molar-refractivity contribution is -0.0849. The van der Waals surface area contributed by atoms with Gasteiger partial charge in [0, 0.05) is 18.4 Å². The van der Waals surface area contributed by atoms with Gasteiger partial charge in [0.15, 0.2) is 5.84 Å². The standard InChI is InChI=1S/C14H16ClF2N5/c15-11-3-9(7-1-2-7)10(4-12(11)18)13(19)21-22-20-8-5-14(16,17)6-8/h3-4,7-8H,1-2,5-6,18H2,(H2,19,20,21). The summed E-state index contributed by atoms with van der Waals surface area (Å²) in [6, 6.07) is 2.99. The molecule has 0 bridgehead atoms. The van der Waals surface area contributed by atoms with Crippen molar-refractivity contribution in [1.29, 1.82) is 0 Å². The predicted molar refractivity (Wildman–Crippen MR) is 81.4 cm³/mol. The van der Waals surface area contributed by atoms with Crippen molar-refractivity contribution in [2.45, 2.75) is 43.6 Å². The molecule has 4 N–H and O–H groups in total. The summed E-state index contributed by atoms with van der Waals surface area (Å²) in [6.45, 7) is 0. The van der Waals surface area contributed by atoms with Crippen molar-refractivity contribution in [3.8, 4) is 0 Å². The molecule has 2 aliphatic rings. The van der Waals surface area contributed by atoms with E-state index in [2.05, 4.69) is 15.4 Å². The van der Waals surface area contributed by atoms with Crippen LogP contribution in [0, 0.1) is 0 Å². The third-order valence-corrected chi connectivity index (χ3v) is 4.23. The Labute approximate surface area is 131 Å². The summed E-state index contributed by atoms with van der Waals surface area (Å²) in [7, 11) is 0. The van der Waals surface area contributed by atoms with Gasteiger partial charge < -0.3 is 11.5 Å². The molecule has 0 atom stereocenters. The summed E-state index contributed by atoms with van der Waals surface area (Å²) in [6.07, 6.45) is 1.57. The van der Waals surface area contributed by atoms with Gasteiger partial charge in [-0.15, -0.1) is 5.10 Å². The van der Waals surface area contributed by atoms with Crippen LogP contribution in [0.25, 0.3) is 0 Å². The van der Waals surface area contributed by atoms with Crippen LogP contribution in [0.1, 0.15) is 42.7 Å². The zero-order valence-electron chi connectivity index (χ0n) is 11.8. The van der Waals surface area contributed by atoms with Crippen LogP contribution >= 0.6 is 11.6 Å². The number of amidine groups is 1. The summed E-state index contributed by atoms with van der Waals surface area (Å²) in [5.41, 5.74) is 13.8. The highest BCUT2D eigenvalue weighted by molar-refractivity contribution is 6.33.